The van der Waals surface area contributed by atoms with Crippen LogP contribution in [0, 0.1) is 17.2 Å². The van der Waals surface area contributed by atoms with E-state index in [2.05, 4.69) is 47.1 Å². The van der Waals surface area contributed by atoms with Gasteiger partial charge in [-0.15, -0.1) is 0 Å². The molecule has 2 aliphatic rings. The lowest BCUT2D eigenvalue weighted by Crippen LogP contribution is -2.35. The summed E-state index contributed by atoms with van der Waals surface area (Å²) in [6, 6.07) is 19.6. The number of fused-ring (bicyclic) bond motifs is 1. The number of anilines is 1. The predicted octanol–water partition coefficient (Wildman–Crippen LogP) is 3.76. The summed E-state index contributed by atoms with van der Waals surface area (Å²) in [5.74, 6) is 0.836. The summed E-state index contributed by atoms with van der Waals surface area (Å²) in [7, 11) is 0. The highest BCUT2D eigenvalue weighted by molar-refractivity contribution is 5.67. The van der Waals surface area contributed by atoms with Crippen LogP contribution in [0.1, 0.15) is 18.9 Å². The van der Waals surface area contributed by atoms with E-state index in [1.165, 1.54) is 43.9 Å². The van der Waals surface area contributed by atoms with E-state index >= 15 is 0 Å². The molecule has 2 heterocycles. The molecule has 2 atom stereocenters. The zero-order chi connectivity index (χ0) is 16.5. The van der Waals surface area contributed by atoms with Gasteiger partial charge in [0.1, 0.15) is 0 Å². The van der Waals surface area contributed by atoms with E-state index in [1.54, 1.807) is 0 Å². The van der Waals surface area contributed by atoms with Gasteiger partial charge in [-0.2, -0.15) is 5.26 Å². The molecule has 0 spiro atoms. The Hall–Kier alpha value is -2.31. The standard InChI is InChI=1S/C21H23N3/c1-2-23-14-19-11-12-24(21(19)15-23)20-9-7-18(8-10-20)17-5-3-16(13-22)4-6-17/h3-10,19,21H,2,11-12,14-15H2,1H3. The van der Waals surface area contributed by atoms with Gasteiger partial charge in [-0.05, 0) is 54.3 Å². The molecule has 0 amide bonds. The highest BCUT2D eigenvalue weighted by Crippen LogP contribution is 2.35. The first-order valence-corrected chi connectivity index (χ1v) is 8.88. The molecular formula is C21H23N3. The van der Waals surface area contributed by atoms with Gasteiger partial charge >= 0.3 is 0 Å². The van der Waals surface area contributed by atoms with Crippen LogP contribution < -0.4 is 4.90 Å². The molecular weight excluding hydrogens is 294 g/mol. The van der Waals surface area contributed by atoms with Gasteiger partial charge in [0, 0.05) is 31.4 Å². The van der Waals surface area contributed by atoms with Crippen molar-refractivity contribution in [2.24, 2.45) is 5.92 Å². The van der Waals surface area contributed by atoms with Crippen molar-refractivity contribution in [3.8, 4) is 17.2 Å². The largest absolute Gasteiger partial charge is 0.367 e. The number of likely N-dealkylation sites (tertiary alicyclic amines) is 1. The Bertz CT molecular complexity index is 742. The topological polar surface area (TPSA) is 30.3 Å². The molecule has 2 aliphatic heterocycles. The number of likely N-dealkylation sites (N-methyl/N-ethyl adjacent to an activating group) is 1. The van der Waals surface area contributed by atoms with E-state index in [4.69, 9.17) is 5.26 Å². The minimum absolute atomic E-state index is 0.686. The molecule has 24 heavy (non-hydrogen) atoms. The summed E-state index contributed by atoms with van der Waals surface area (Å²) >= 11 is 0. The Labute approximate surface area is 144 Å². The molecule has 0 aromatic heterocycles. The van der Waals surface area contributed by atoms with Gasteiger partial charge in [0.2, 0.25) is 0 Å². The average molecular weight is 317 g/mol. The second-order valence-corrected chi connectivity index (χ2v) is 6.90. The normalized spacial score (nSPS) is 23.2. The van der Waals surface area contributed by atoms with Gasteiger partial charge in [-0.1, -0.05) is 31.2 Å². The van der Waals surface area contributed by atoms with Crippen LogP contribution >= 0.6 is 0 Å². The molecule has 4 rings (SSSR count). The van der Waals surface area contributed by atoms with Crippen molar-refractivity contribution in [1.29, 1.82) is 5.26 Å². The monoisotopic (exact) mass is 317 g/mol. The molecule has 2 aromatic rings. The highest BCUT2D eigenvalue weighted by Gasteiger charge is 2.40. The molecule has 2 unspecified atom stereocenters. The smallest absolute Gasteiger partial charge is 0.0991 e. The molecule has 2 aromatic carbocycles. The second-order valence-electron chi connectivity index (χ2n) is 6.90. The minimum atomic E-state index is 0.686. The number of benzene rings is 2. The van der Waals surface area contributed by atoms with Crippen molar-refractivity contribution in [1.82, 2.24) is 4.90 Å². The maximum Gasteiger partial charge on any atom is 0.0991 e. The maximum atomic E-state index is 8.91. The lowest BCUT2D eigenvalue weighted by molar-refractivity contribution is 0.335. The fraction of sp³-hybridized carbons (Fsp3) is 0.381. The Kier molecular flexibility index (Phi) is 4.00. The molecule has 0 radical (unpaired) electrons. The number of nitriles is 1. The Morgan fingerprint density at radius 2 is 1.67 bits per heavy atom. The number of hydrogen-bond acceptors (Lipinski definition) is 3. The van der Waals surface area contributed by atoms with Crippen LogP contribution in [0.5, 0.6) is 0 Å². The van der Waals surface area contributed by atoms with E-state index in [0.717, 1.165) is 11.5 Å². The van der Waals surface area contributed by atoms with Gasteiger partial charge < -0.3 is 9.80 Å². The van der Waals surface area contributed by atoms with Crippen LogP contribution in [0.2, 0.25) is 0 Å². The minimum Gasteiger partial charge on any atom is -0.367 e. The van der Waals surface area contributed by atoms with E-state index in [1.807, 2.05) is 24.3 Å². The van der Waals surface area contributed by atoms with Crippen molar-refractivity contribution >= 4 is 5.69 Å². The Morgan fingerprint density at radius 1 is 1.00 bits per heavy atom. The molecule has 0 N–H and O–H groups in total. The fourth-order valence-corrected chi connectivity index (χ4v) is 4.21. The first-order chi connectivity index (χ1) is 11.8. The highest BCUT2D eigenvalue weighted by atomic mass is 15.3. The third kappa shape index (κ3) is 2.68. The third-order valence-electron chi connectivity index (χ3n) is 5.62. The fourth-order valence-electron chi connectivity index (χ4n) is 4.21. The van der Waals surface area contributed by atoms with E-state index in [0.29, 0.717) is 11.6 Å². The molecule has 2 saturated heterocycles. The SMILES string of the molecule is CCN1CC2CCN(c3ccc(-c4ccc(C#N)cc4)cc3)C2C1. The van der Waals surface area contributed by atoms with E-state index in [9.17, 15) is 0 Å². The number of rotatable bonds is 3. The van der Waals surface area contributed by atoms with Crippen LogP contribution in [0.4, 0.5) is 5.69 Å². The summed E-state index contributed by atoms with van der Waals surface area (Å²) in [5, 5.41) is 8.91. The first-order valence-electron chi connectivity index (χ1n) is 8.88. The Balaban J connectivity index is 1.52. The zero-order valence-corrected chi connectivity index (χ0v) is 14.2. The van der Waals surface area contributed by atoms with Gasteiger partial charge in [0.05, 0.1) is 11.6 Å². The molecule has 3 heteroatoms. The van der Waals surface area contributed by atoms with Gasteiger partial charge in [0.25, 0.3) is 0 Å². The van der Waals surface area contributed by atoms with Crippen molar-refractivity contribution in [2.75, 3.05) is 31.1 Å². The summed E-state index contributed by atoms with van der Waals surface area (Å²) in [5.41, 5.74) is 4.43. The lowest BCUT2D eigenvalue weighted by atomic mass is 10.0. The van der Waals surface area contributed by atoms with Crippen LogP contribution in [0.15, 0.2) is 48.5 Å². The Morgan fingerprint density at radius 3 is 2.29 bits per heavy atom. The molecule has 122 valence electrons. The maximum absolute atomic E-state index is 8.91. The van der Waals surface area contributed by atoms with Crippen molar-refractivity contribution in [2.45, 2.75) is 19.4 Å². The summed E-state index contributed by atoms with van der Waals surface area (Å²) in [4.78, 5) is 5.18. The number of nitrogens with zero attached hydrogens (tertiary/aromatic N) is 3. The summed E-state index contributed by atoms with van der Waals surface area (Å²) in [6.45, 7) is 7.08. The number of hydrogen-bond donors (Lipinski definition) is 0. The summed E-state index contributed by atoms with van der Waals surface area (Å²) < 4.78 is 0. The van der Waals surface area contributed by atoms with Crippen LogP contribution in [-0.2, 0) is 0 Å². The van der Waals surface area contributed by atoms with Gasteiger partial charge in [0.15, 0.2) is 0 Å². The second kappa shape index (κ2) is 6.30. The predicted molar refractivity (Wildman–Crippen MR) is 97.9 cm³/mol. The molecule has 3 nitrogen and oxygen atoms in total. The van der Waals surface area contributed by atoms with E-state index in [-0.39, 0.29) is 0 Å². The van der Waals surface area contributed by atoms with Crippen LogP contribution in [0.3, 0.4) is 0 Å². The third-order valence-corrected chi connectivity index (χ3v) is 5.62. The van der Waals surface area contributed by atoms with Crippen LogP contribution in [-0.4, -0.2) is 37.1 Å². The van der Waals surface area contributed by atoms with Gasteiger partial charge in [-0.3, -0.25) is 0 Å². The quantitative estimate of drug-likeness (QED) is 0.863. The van der Waals surface area contributed by atoms with Crippen LogP contribution in [0.25, 0.3) is 11.1 Å². The zero-order valence-electron chi connectivity index (χ0n) is 14.2. The molecule has 2 fully saturated rings. The van der Waals surface area contributed by atoms with Crippen molar-refractivity contribution in [3.05, 3.63) is 54.1 Å². The van der Waals surface area contributed by atoms with Crippen molar-refractivity contribution in [3.63, 3.8) is 0 Å². The lowest BCUT2D eigenvalue weighted by Gasteiger charge is -2.27. The average Bonchev–Trinajstić information content (AvgIpc) is 3.22. The van der Waals surface area contributed by atoms with Gasteiger partial charge in [-0.25, -0.2) is 0 Å². The first kappa shape index (κ1) is 15.2. The van der Waals surface area contributed by atoms with Crippen molar-refractivity contribution < 1.29 is 0 Å². The summed E-state index contributed by atoms with van der Waals surface area (Å²) in [6.07, 6.45) is 1.32. The molecule has 0 aliphatic carbocycles. The van der Waals surface area contributed by atoms with E-state index < -0.39 is 0 Å². The molecule has 0 saturated carbocycles. The molecule has 0 bridgehead atoms.